The van der Waals surface area contributed by atoms with Crippen molar-refractivity contribution >= 4 is 5.69 Å². The molecule has 0 saturated carbocycles. The summed E-state index contributed by atoms with van der Waals surface area (Å²) >= 11 is 0. The van der Waals surface area contributed by atoms with Gasteiger partial charge in [0.05, 0.1) is 7.11 Å². The fourth-order valence-electron chi connectivity index (χ4n) is 1.40. The highest BCUT2D eigenvalue weighted by Gasteiger charge is 2.05. The van der Waals surface area contributed by atoms with Crippen LogP contribution in [0.3, 0.4) is 0 Å². The summed E-state index contributed by atoms with van der Waals surface area (Å²) in [6.45, 7) is 4.37. The van der Waals surface area contributed by atoms with Crippen LogP contribution in [0.25, 0.3) is 0 Å². The number of nitrogen functional groups attached to an aromatic ring is 1. The van der Waals surface area contributed by atoms with E-state index in [1.54, 1.807) is 7.11 Å². The van der Waals surface area contributed by atoms with Gasteiger partial charge in [0, 0.05) is 5.69 Å². The average Bonchev–Trinajstić information content (AvgIpc) is 2.03. The Balaban J connectivity index is 2.94. The molecule has 0 aliphatic rings. The minimum absolute atomic E-state index is 0.621. The maximum Gasteiger partial charge on any atom is 0.122 e. The summed E-state index contributed by atoms with van der Waals surface area (Å²) in [5, 5.41) is 0. The van der Waals surface area contributed by atoms with E-state index >= 15 is 0 Å². The minimum atomic E-state index is 0.621. The molecule has 0 aliphatic heterocycles. The predicted molar refractivity (Wildman–Crippen MR) is 55.9 cm³/mol. The van der Waals surface area contributed by atoms with Crippen molar-refractivity contribution in [3.05, 3.63) is 23.8 Å². The van der Waals surface area contributed by atoms with Gasteiger partial charge in [-0.15, -0.1) is 0 Å². The molecule has 0 amide bonds. The molecule has 0 aromatic heterocycles. The maximum atomic E-state index is 5.70. The van der Waals surface area contributed by atoms with Gasteiger partial charge in [0.1, 0.15) is 5.75 Å². The Hall–Kier alpha value is -1.18. The van der Waals surface area contributed by atoms with E-state index in [9.17, 15) is 0 Å². The Morgan fingerprint density at radius 3 is 2.62 bits per heavy atom. The van der Waals surface area contributed by atoms with Crippen molar-refractivity contribution in [2.45, 2.75) is 20.3 Å². The zero-order valence-corrected chi connectivity index (χ0v) is 8.50. The molecule has 0 spiro atoms. The normalized spacial score (nSPS) is 10.5. The van der Waals surface area contributed by atoms with Gasteiger partial charge in [0.2, 0.25) is 0 Å². The number of methoxy groups -OCH3 is 1. The molecule has 2 N–H and O–H groups in total. The van der Waals surface area contributed by atoms with Crippen molar-refractivity contribution in [1.82, 2.24) is 0 Å². The molecule has 2 heteroatoms. The summed E-state index contributed by atoms with van der Waals surface area (Å²) in [7, 11) is 1.69. The molecular weight excluding hydrogens is 162 g/mol. The Morgan fingerprint density at radius 1 is 1.38 bits per heavy atom. The first kappa shape index (κ1) is 9.90. The molecule has 72 valence electrons. The second-order valence-corrected chi connectivity index (χ2v) is 3.67. The van der Waals surface area contributed by atoms with Crippen molar-refractivity contribution < 1.29 is 4.74 Å². The number of hydrogen-bond acceptors (Lipinski definition) is 2. The van der Waals surface area contributed by atoms with E-state index < -0.39 is 0 Å². The summed E-state index contributed by atoms with van der Waals surface area (Å²) in [6.07, 6.45) is 1.01. The molecule has 0 heterocycles. The van der Waals surface area contributed by atoms with Gasteiger partial charge in [0.15, 0.2) is 0 Å². The van der Waals surface area contributed by atoms with Crippen LogP contribution >= 0.6 is 0 Å². The Labute approximate surface area is 79.7 Å². The van der Waals surface area contributed by atoms with Gasteiger partial charge in [0.25, 0.3) is 0 Å². The molecule has 2 nitrogen and oxygen atoms in total. The molecular formula is C11H17NO. The second kappa shape index (κ2) is 4.17. The third-order valence-corrected chi connectivity index (χ3v) is 1.93. The van der Waals surface area contributed by atoms with Gasteiger partial charge in [-0.05, 0) is 36.1 Å². The predicted octanol–water partition coefficient (Wildman–Crippen LogP) is 2.48. The van der Waals surface area contributed by atoms with E-state index in [0.717, 1.165) is 17.9 Å². The third kappa shape index (κ3) is 2.65. The molecule has 1 rings (SSSR count). The molecule has 1 aromatic carbocycles. The van der Waals surface area contributed by atoms with Gasteiger partial charge in [-0.1, -0.05) is 13.8 Å². The number of benzene rings is 1. The summed E-state index contributed by atoms with van der Waals surface area (Å²) in [5.74, 6) is 1.55. The van der Waals surface area contributed by atoms with Crippen LogP contribution in [0.5, 0.6) is 5.75 Å². The van der Waals surface area contributed by atoms with Crippen LogP contribution in [0.1, 0.15) is 19.4 Å². The van der Waals surface area contributed by atoms with E-state index in [-0.39, 0.29) is 0 Å². The largest absolute Gasteiger partial charge is 0.496 e. The molecule has 0 fully saturated rings. The lowest BCUT2D eigenvalue weighted by Gasteiger charge is -2.10. The monoisotopic (exact) mass is 179 g/mol. The summed E-state index contributed by atoms with van der Waals surface area (Å²) in [4.78, 5) is 0. The van der Waals surface area contributed by atoms with E-state index in [4.69, 9.17) is 10.5 Å². The van der Waals surface area contributed by atoms with E-state index in [1.807, 2.05) is 18.2 Å². The van der Waals surface area contributed by atoms with Gasteiger partial charge in [-0.3, -0.25) is 0 Å². The average molecular weight is 179 g/mol. The molecule has 0 unspecified atom stereocenters. The van der Waals surface area contributed by atoms with Gasteiger partial charge in [-0.25, -0.2) is 0 Å². The highest BCUT2D eigenvalue weighted by atomic mass is 16.5. The van der Waals surface area contributed by atoms with Crippen LogP contribution in [0.4, 0.5) is 5.69 Å². The Morgan fingerprint density at radius 2 is 2.08 bits per heavy atom. The lowest BCUT2D eigenvalue weighted by atomic mass is 10.0. The smallest absolute Gasteiger partial charge is 0.122 e. The number of anilines is 1. The van der Waals surface area contributed by atoms with Gasteiger partial charge < -0.3 is 10.5 Å². The summed E-state index contributed by atoms with van der Waals surface area (Å²) < 4.78 is 5.25. The van der Waals surface area contributed by atoms with Gasteiger partial charge >= 0.3 is 0 Å². The number of hydrogen-bond donors (Lipinski definition) is 1. The number of nitrogens with two attached hydrogens (primary N) is 1. The van der Waals surface area contributed by atoms with Crippen LogP contribution in [0.15, 0.2) is 18.2 Å². The van der Waals surface area contributed by atoms with Crippen LogP contribution in [0, 0.1) is 5.92 Å². The lowest BCUT2D eigenvalue weighted by molar-refractivity contribution is 0.407. The molecule has 0 bridgehead atoms. The van der Waals surface area contributed by atoms with Crippen molar-refractivity contribution in [3.8, 4) is 5.75 Å². The topological polar surface area (TPSA) is 35.2 Å². The fraction of sp³-hybridized carbons (Fsp3) is 0.455. The molecule has 13 heavy (non-hydrogen) atoms. The van der Waals surface area contributed by atoms with E-state index in [0.29, 0.717) is 5.92 Å². The Kier molecular flexibility index (Phi) is 3.18. The van der Waals surface area contributed by atoms with Crippen molar-refractivity contribution in [2.75, 3.05) is 12.8 Å². The Bertz CT molecular complexity index is 281. The number of rotatable bonds is 3. The minimum Gasteiger partial charge on any atom is -0.496 e. The zero-order valence-electron chi connectivity index (χ0n) is 8.50. The van der Waals surface area contributed by atoms with Crippen molar-refractivity contribution in [2.24, 2.45) is 5.92 Å². The highest BCUT2D eigenvalue weighted by Crippen LogP contribution is 2.23. The first-order valence-electron chi connectivity index (χ1n) is 4.56. The molecule has 0 saturated heterocycles. The summed E-state index contributed by atoms with van der Waals surface area (Å²) in [5.41, 5.74) is 7.70. The van der Waals surface area contributed by atoms with Crippen molar-refractivity contribution in [1.29, 1.82) is 0 Å². The van der Waals surface area contributed by atoms with Gasteiger partial charge in [-0.2, -0.15) is 0 Å². The van der Waals surface area contributed by atoms with Crippen molar-refractivity contribution in [3.63, 3.8) is 0 Å². The van der Waals surface area contributed by atoms with Crippen LogP contribution in [-0.4, -0.2) is 7.11 Å². The second-order valence-electron chi connectivity index (χ2n) is 3.67. The lowest BCUT2D eigenvalue weighted by Crippen LogP contribution is -1.99. The van der Waals surface area contributed by atoms with E-state index in [1.165, 1.54) is 5.56 Å². The van der Waals surface area contributed by atoms with Crippen LogP contribution < -0.4 is 10.5 Å². The van der Waals surface area contributed by atoms with Crippen LogP contribution in [-0.2, 0) is 6.42 Å². The van der Waals surface area contributed by atoms with E-state index in [2.05, 4.69) is 13.8 Å². The molecule has 1 aromatic rings. The third-order valence-electron chi connectivity index (χ3n) is 1.93. The summed E-state index contributed by atoms with van der Waals surface area (Å²) in [6, 6.07) is 5.77. The number of ether oxygens (including phenoxy) is 1. The fourth-order valence-corrected chi connectivity index (χ4v) is 1.40. The zero-order chi connectivity index (χ0) is 9.84. The van der Waals surface area contributed by atoms with Crippen LogP contribution in [0.2, 0.25) is 0 Å². The quantitative estimate of drug-likeness (QED) is 0.723. The molecule has 0 radical (unpaired) electrons. The molecule has 0 atom stereocenters. The standard InChI is InChI=1S/C11H17NO/c1-8(2)6-9-7-10(12)4-5-11(9)13-3/h4-5,7-8H,6,12H2,1-3H3. The molecule has 0 aliphatic carbocycles. The first-order chi connectivity index (χ1) is 6.13. The maximum absolute atomic E-state index is 5.70. The first-order valence-corrected chi connectivity index (χ1v) is 4.56. The highest BCUT2D eigenvalue weighted by molar-refractivity contribution is 5.47. The SMILES string of the molecule is COc1ccc(N)cc1CC(C)C.